The summed E-state index contributed by atoms with van der Waals surface area (Å²) in [6.45, 7) is 7.47. The number of carbonyl (C=O) groups is 3. The van der Waals surface area contributed by atoms with Gasteiger partial charge in [-0.25, -0.2) is 4.79 Å². The highest BCUT2D eigenvalue weighted by Crippen LogP contribution is 2.32. The van der Waals surface area contributed by atoms with Crippen LogP contribution in [0.4, 0.5) is 4.79 Å². The summed E-state index contributed by atoms with van der Waals surface area (Å²) >= 11 is 0. The van der Waals surface area contributed by atoms with Crippen molar-refractivity contribution in [2.24, 2.45) is 5.92 Å². The van der Waals surface area contributed by atoms with Crippen LogP contribution in [-0.4, -0.2) is 35.3 Å². The topological polar surface area (TPSA) is 78.5 Å². The lowest BCUT2D eigenvalue weighted by Crippen LogP contribution is -2.46. The fourth-order valence-corrected chi connectivity index (χ4v) is 2.74. The maximum absolute atomic E-state index is 12.9. The third-order valence-corrected chi connectivity index (χ3v) is 4.66. The van der Waals surface area contributed by atoms with Crippen LogP contribution in [0.3, 0.4) is 0 Å². The second kappa shape index (κ2) is 7.03. The number of benzene rings is 1. The Morgan fingerprint density at radius 3 is 2.38 bits per heavy atom. The van der Waals surface area contributed by atoms with Gasteiger partial charge in [-0.05, 0) is 24.8 Å². The SMILES string of the molecule is CC[C@@]1(c2ccccc2)NC(=O)N(CC(=O)N[C@@H](C)C(C)C)C1=O. The molecule has 1 aliphatic heterocycles. The first-order valence-corrected chi connectivity index (χ1v) is 8.30. The lowest BCUT2D eigenvalue weighted by molar-refractivity contribution is -0.135. The van der Waals surface area contributed by atoms with Crippen molar-refractivity contribution < 1.29 is 14.4 Å². The van der Waals surface area contributed by atoms with E-state index in [-0.39, 0.29) is 30.3 Å². The summed E-state index contributed by atoms with van der Waals surface area (Å²) in [4.78, 5) is 38.3. The van der Waals surface area contributed by atoms with Crippen molar-refractivity contribution in [2.45, 2.75) is 45.7 Å². The standard InChI is InChI=1S/C18H25N3O3/c1-5-18(14-9-7-6-8-10-14)16(23)21(17(24)20-18)11-15(22)19-13(4)12(2)3/h6-10,12-13H,5,11H2,1-4H3,(H,19,22)(H,20,24)/t13-,18-/m0/s1. The highest BCUT2D eigenvalue weighted by molar-refractivity contribution is 6.09. The van der Waals surface area contributed by atoms with E-state index >= 15 is 0 Å². The number of urea groups is 1. The van der Waals surface area contributed by atoms with Gasteiger partial charge in [-0.1, -0.05) is 51.1 Å². The van der Waals surface area contributed by atoms with Crippen LogP contribution in [0.1, 0.15) is 39.7 Å². The van der Waals surface area contributed by atoms with Crippen LogP contribution in [0.2, 0.25) is 0 Å². The van der Waals surface area contributed by atoms with E-state index in [4.69, 9.17) is 0 Å². The van der Waals surface area contributed by atoms with Gasteiger partial charge in [-0.2, -0.15) is 0 Å². The van der Waals surface area contributed by atoms with E-state index in [0.29, 0.717) is 6.42 Å². The molecule has 1 heterocycles. The Balaban J connectivity index is 2.18. The van der Waals surface area contributed by atoms with Gasteiger partial charge in [0.15, 0.2) is 0 Å². The molecule has 1 aromatic rings. The number of rotatable bonds is 6. The van der Waals surface area contributed by atoms with Crippen molar-refractivity contribution in [3.63, 3.8) is 0 Å². The first kappa shape index (κ1) is 18.0. The minimum atomic E-state index is -1.09. The Labute approximate surface area is 142 Å². The molecule has 0 bridgehead atoms. The lowest BCUT2D eigenvalue weighted by Gasteiger charge is -2.26. The number of hydrogen-bond donors (Lipinski definition) is 2. The first-order chi connectivity index (χ1) is 11.3. The van der Waals surface area contributed by atoms with Crippen molar-refractivity contribution in [3.8, 4) is 0 Å². The number of nitrogens with zero attached hydrogens (tertiary/aromatic N) is 1. The molecule has 0 spiro atoms. The molecule has 2 N–H and O–H groups in total. The zero-order valence-electron chi connectivity index (χ0n) is 14.6. The van der Waals surface area contributed by atoms with E-state index < -0.39 is 11.6 Å². The molecule has 6 nitrogen and oxygen atoms in total. The molecule has 1 saturated heterocycles. The molecule has 2 rings (SSSR count). The van der Waals surface area contributed by atoms with E-state index in [9.17, 15) is 14.4 Å². The lowest BCUT2D eigenvalue weighted by atomic mass is 9.87. The monoisotopic (exact) mass is 331 g/mol. The molecule has 6 heteroatoms. The number of carbonyl (C=O) groups excluding carboxylic acids is 3. The molecule has 0 aromatic heterocycles. The van der Waals surface area contributed by atoms with E-state index in [1.165, 1.54) is 0 Å². The van der Waals surface area contributed by atoms with Gasteiger partial charge in [0.25, 0.3) is 5.91 Å². The van der Waals surface area contributed by atoms with Gasteiger partial charge in [0.2, 0.25) is 5.91 Å². The number of imide groups is 1. The van der Waals surface area contributed by atoms with Crippen LogP contribution in [-0.2, 0) is 15.1 Å². The maximum atomic E-state index is 12.9. The molecule has 24 heavy (non-hydrogen) atoms. The van der Waals surface area contributed by atoms with Crippen LogP contribution in [0.5, 0.6) is 0 Å². The van der Waals surface area contributed by atoms with Gasteiger partial charge in [0.1, 0.15) is 12.1 Å². The average Bonchev–Trinajstić information content (AvgIpc) is 2.80. The normalized spacial score (nSPS) is 21.8. The van der Waals surface area contributed by atoms with Crippen molar-refractivity contribution in [3.05, 3.63) is 35.9 Å². The van der Waals surface area contributed by atoms with Crippen LogP contribution in [0.15, 0.2) is 30.3 Å². The molecule has 130 valence electrons. The van der Waals surface area contributed by atoms with Crippen LogP contribution >= 0.6 is 0 Å². The largest absolute Gasteiger partial charge is 0.352 e. The van der Waals surface area contributed by atoms with E-state index in [1.807, 2.05) is 58.0 Å². The van der Waals surface area contributed by atoms with Crippen molar-refractivity contribution in [2.75, 3.05) is 6.54 Å². The predicted octanol–water partition coefficient (Wildman–Crippen LogP) is 2.00. The van der Waals surface area contributed by atoms with Crippen LogP contribution < -0.4 is 10.6 Å². The highest BCUT2D eigenvalue weighted by atomic mass is 16.2. The summed E-state index contributed by atoms with van der Waals surface area (Å²) in [6, 6.07) is 8.57. The Morgan fingerprint density at radius 1 is 1.21 bits per heavy atom. The summed E-state index contributed by atoms with van der Waals surface area (Å²) in [6.07, 6.45) is 0.419. The van der Waals surface area contributed by atoms with Crippen molar-refractivity contribution in [1.29, 1.82) is 0 Å². The Bertz CT molecular complexity index is 630. The van der Waals surface area contributed by atoms with Gasteiger partial charge >= 0.3 is 6.03 Å². The molecule has 2 atom stereocenters. The molecular weight excluding hydrogens is 306 g/mol. The molecule has 4 amide bonds. The van der Waals surface area contributed by atoms with E-state index in [2.05, 4.69) is 10.6 Å². The highest BCUT2D eigenvalue weighted by Gasteiger charge is 2.51. The quantitative estimate of drug-likeness (QED) is 0.783. The smallest absolute Gasteiger partial charge is 0.325 e. The van der Waals surface area contributed by atoms with Gasteiger partial charge in [-0.3, -0.25) is 14.5 Å². The molecule has 0 radical (unpaired) electrons. The molecular formula is C18H25N3O3. The number of hydrogen-bond acceptors (Lipinski definition) is 3. The fraction of sp³-hybridized carbons (Fsp3) is 0.500. The Hall–Kier alpha value is -2.37. The third-order valence-electron chi connectivity index (χ3n) is 4.66. The first-order valence-electron chi connectivity index (χ1n) is 8.30. The van der Waals surface area contributed by atoms with Gasteiger partial charge in [0.05, 0.1) is 0 Å². The zero-order valence-corrected chi connectivity index (χ0v) is 14.6. The fourth-order valence-electron chi connectivity index (χ4n) is 2.74. The van der Waals surface area contributed by atoms with Crippen LogP contribution in [0, 0.1) is 5.92 Å². The molecule has 1 aromatic carbocycles. The van der Waals surface area contributed by atoms with Gasteiger partial charge < -0.3 is 10.6 Å². The average molecular weight is 331 g/mol. The van der Waals surface area contributed by atoms with Gasteiger partial charge in [0, 0.05) is 6.04 Å². The molecule has 0 saturated carbocycles. The molecule has 0 aliphatic carbocycles. The number of nitrogens with one attached hydrogen (secondary N) is 2. The molecule has 1 aliphatic rings. The summed E-state index contributed by atoms with van der Waals surface area (Å²) in [7, 11) is 0. The minimum absolute atomic E-state index is 0.0247. The maximum Gasteiger partial charge on any atom is 0.325 e. The minimum Gasteiger partial charge on any atom is -0.352 e. The Morgan fingerprint density at radius 2 is 1.83 bits per heavy atom. The second-order valence-corrected chi connectivity index (χ2v) is 6.55. The van der Waals surface area contributed by atoms with Crippen LogP contribution in [0.25, 0.3) is 0 Å². The summed E-state index contributed by atoms with van der Waals surface area (Å²) < 4.78 is 0. The molecule has 0 unspecified atom stereocenters. The van der Waals surface area contributed by atoms with E-state index in [0.717, 1.165) is 10.5 Å². The van der Waals surface area contributed by atoms with E-state index in [1.54, 1.807) is 0 Å². The van der Waals surface area contributed by atoms with Gasteiger partial charge in [-0.15, -0.1) is 0 Å². The molecule has 1 fully saturated rings. The van der Waals surface area contributed by atoms with Crippen molar-refractivity contribution >= 4 is 17.8 Å². The number of amides is 4. The van der Waals surface area contributed by atoms with Crippen molar-refractivity contribution in [1.82, 2.24) is 15.5 Å². The summed E-state index contributed by atoms with van der Waals surface area (Å²) in [5.41, 5.74) is -0.369. The predicted molar refractivity (Wildman–Crippen MR) is 91.1 cm³/mol. The summed E-state index contributed by atoms with van der Waals surface area (Å²) in [5.74, 6) is -0.440. The third kappa shape index (κ3) is 3.27. The second-order valence-electron chi connectivity index (χ2n) is 6.55. The summed E-state index contributed by atoms with van der Waals surface area (Å²) in [5, 5.41) is 5.59. The Kier molecular flexibility index (Phi) is 5.26. The zero-order chi connectivity index (χ0) is 17.9.